The number of thioether (sulfide) groups is 1. The van der Waals surface area contributed by atoms with Crippen molar-refractivity contribution in [2.75, 3.05) is 24.2 Å². The minimum Gasteiger partial charge on any atom is -0.497 e. The molecule has 0 aromatic heterocycles. The average molecular weight is 531 g/mol. The first-order chi connectivity index (χ1) is 17.4. The molecular weight excluding hydrogens is 508 g/mol. The second-order valence-electron chi connectivity index (χ2n) is 7.79. The predicted molar refractivity (Wildman–Crippen MR) is 134 cm³/mol. The highest BCUT2D eigenvalue weighted by molar-refractivity contribution is 8.00. The van der Waals surface area contributed by atoms with E-state index in [9.17, 15) is 19.2 Å². The Morgan fingerprint density at radius 3 is 2.50 bits per heavy atom. The van der Waals surface area contributed by atoms with Crippen molar-refractivity contribution >= 4 is 52.7 Å². The van der Waals surface area contributed by atoms with Gasteiger partial charge in [-0.05, 0) is 29.8 Å². The number of hydrogen-bond donors (Lipinski definition) is 3. The Kier molecular flexibility index (Phi) is 8.01. The molecule has 1 saturated heterocycles. The number of carbonyl (C=O) groups excluding carboxylic acids is 4. The number of fused-ring (bicyclic) bond motifs is 1. The van der Waals surface area contributed by atoms with E-state index in [1.165, 1.54) is 16.7 Å². The Morgan fingerprint density at radius 1 is 1.11 bits per heavy atom. The lowest BCUT2D eigenvalue weighted by atomic mass is 10.0. The van der Waals surface area contributed by atoms with E-state index >= 15 is 0 Å². The Bertz CT molecular complexity index is 1190. The fourth-order valence-electron chi connectivity index (χ4n) is 3.66. The number of benzene rings is 2. The largest absolute Gasteiger partial charge is 0.497 e. The normalized spacial score (nSPS) is 18.5. The van der Waals surface area contributed by atoms with Crippen LogP contribution in [0.5, 0.6) is 5.75 Å². The lowest BCUT2D eigenvalue weighted by Gasteiger charge is -2.49. The number of nitrogens with zero attached hydrogens (tertiary/aromatic N) is 1. The zero-order chi connectivity index (χ0) is 25.7. The summed E-state index contributed by atoms with van der Waals surface area (Å²) in [6.45, 7) is -0.0737. The van der Waals surface area contributed by atoms with Crippen molar-refractivity contribution in [1.29, 1.82) is 0 Å². The summed E-state index contributed by atoms with van der Waals surface area (Å²) >= 11 is 6.81. The minimum absolute atomic E-state index is 0.0737. The fourth-order valence-corrected chi connectivity index (χ4v) is 5.08. The van der Waals surface area contributed by atoms with Crippen LogP contribution in [0.4, 0.5) is 5.69 Å². The van der Waals surface area contributed by atoms with Crippen LogP contribution in [-0.4, -0.2) is 58.7 Å². The van der Waals surface area contributed by atoms with Crippen LogP contribution >= 0.6 is 23.4 Å². The Hall–Kier alpha value is -3.70. The van der Waals surface area contributed by atoms with Gasteiger partial charge in [-0.1, -0.05) is 30.3 Å². The molecule has 2 heterocycles. The van der Waals surface area contributed by atoms with E-state index in [4.69, 9.17) is 21.1 Å². The Balaban J connectivity index is 1.54. The molecule has 2 aromatic rings. The van der Waals surface area contributed by atoms with Gasteiger partial charge in [0.25, 0.3) is 11.8 Å². The first-order valence-electron chi connectivity index (χ1n) is 10.9. The topological polar surface area (TPSA) is 126 Å². The number of β-lactam (4-membered cyclic amide) rings is 1. The van der Waals surface area contributed by atoms with E-state index in [-0.39, 0.29) is 29.5 Å². The summed E-state index contributed by atoms with van der Waals surface area (Å²) in [5, 5.41) is 1.99. The number of ether oxygens (including phenoxy) is 2. The van der Waals surface area contributed by atoms with Gasteiger partial charge < -0.3 is 14.8 Å². The van der Waals surface area contributed by atoms with Crippen molar-refractivity contribution in [2.24, 2.45) is 0 Å². The van der Waals surface area contributed by atoms with Crippen LogP contribution in [0, 0.1) is 0 Å². The molecule has 0 radical (unpaired) electrons. The monoisotopic (exact) mass is 530 g/mol. The average Bonchev–Trinajstić information content (AvgIpc) is 2.92. The second-order valence-corrected chi connectivity index (χ2v) is 9.16. The molecule has 3 amide bonds. The molecule has 36 heavy (non-hydrogen) atoms. The van der Waals surface area contributed by atoms with Gasteiger partial charge in [-0.3, -0.25) is 30.1 Å². The van der Waals surface area contributed by atoms with Crippen LogP contribution in [0.1, 0.15) is 5.56 Å². The number of carbonyl (C=O) groups is 4. The number of anilines is 1. The van der Waals surface area contributed by atoms with Crippen molar-refractivity contribution in [3.8, 4) is 5.75 Å². The number of esters is 1. The summed E-state index contributed by atoms with van der Waals surface area (Å²) < 4.78 is 10.6. The number of amides is 3. The lowest BCUT2D eigenvalue weighted by Crippen LogP contribution is -2.71. The first-order valence-corrected chi connectivity index (χ1v) is 12.5. The zero-order valence-corrected chi connectivity index (χ0v) is 20.7. The summed E-state index contributed by atoms with van der Waals surface area (Å²) in [7, 11) is 1.55. The smallest absolute Gasteiger partial charge is 0.355 e. The summed E-state index contributed by atoms with van der Waals surface area (Å²) in [6, 6.07) is 15.0. The maximum atomic E-state index is 13.2. The molecular formula is C24H23ClN4O6S. The van der Waals surface area contributed by atoms with Gasteiger partial charge in [-0.25, -0.2) is 4.79 Å². The van der Waals surface area contributed by atoms with Crippen molar-refractivity contribution in [3.63, 3.8) is 0 Å². The third kappa shape index (κ3) is 5.42. The number of alkyl halides is 1. The molecule has 4 rings (SSSR count). The van der Waals surface area contributed by atoms with Crippen LogP contribution in [0.2, 0.25) is 0 Å². The molecule has 0 saturated carbocycles. The highest BCUT2D eigenvalue weighted by atomic mass is 35.5. The minimum atomic E-state index is -0.849. The van der Waals surface area contributed by atoms with Gasteiger partial charge in [0.15, 0.2) is 0 Å². The number of halogens is 1. The number of rotatable bonds is 9. The maximum absolute atomic E-state index is 13.2. The molecule has 12 heteroatoms. The molecule has 3 N–H and O–H groups in total. The lowest BCUT2D eigenvalue weighted by molar-refractivity contribution is -0.153. The predicted octanol–water partition coefficient (Wildman–Crippen LogP) is 1.77. The quantitative estimate of drug-likeness (QED) is 0.194. The van der Waals surface area contributed by atoms with Crippen molar-refractivity contribution < 1.29 is 28.7 Å². The molecule has 1 unspecified atom stereocenters. The number of hydrogen-bond acceptors (Lipinski definition) is 8. The van der Waals surface area contributed by atoms with Crippen LogP contribution in [0.25, 0.3) is 0 Å². The van der Waals surface area contributed by atoms with Crippen LogP contribution in [-0.2, 0) is 30.5 Å². The number of nitrogens with one attached hydrogen (secondary N) is 3. The summed E-state index contributed by atoms with van der Waals surface area (Å²) in [5.41, 5.74) is 6.61. The first kappa shape index (κ1) is 25.4. The SMILES string of the molecule is COc1ccc(COC(=O)C2=C(C(=O)NNc3ccccc3)CS[C@H]3C(NC(=O)CCl)C(=O)N23)cc1. The van der Waals surface area contributed by atoms with Gasteiger partial charge in [0.1, 0.15) is 35.3 Å². The van der Waals surface area contributed by atoms with Crippen molar-refractivity contribution in [3.05, 3.63) is 71.4 Å². The number of methoxy groups -OCH3 is 1. The third-order valence-electron chi connectivity index (χ3n) is 5.50. The number of hydrazine groups is 1. The molecule has 0 spiro atoms. The molecule has 2 aliphatic rings. The van der Waals surface area contributed by atoms with Crippen LogP contribution in [0.3, 0.4) is 0 Å². The van der Waals surface area contributed by atoms with E-state index < -0.39 is 35.1 Å². The molecule has 1 fully saturated rings. The van der Waals surface area contributed by atoms with E-state index in [0.717, 1.165) is 0 Å². The van der Waals surface area contributed by atoms with Crippen LogP contribution in [0.15, 0.2) is 65.9 Å². The van der Waals surface area contributed by atoms with Crippen molar-refractivity contribution in [1.82, 2.24) is 15.6 Å². The molecule has 0 aliphatic carbocycles. The van der Waals surface area contributed by atoms with E-state index in [0.29, 0.717) is 17.0 Å². The van der Waals surface area contributed by atoms with Gasteiger partial charge in [0, 0.05) is 5.75 Å². The van der Waals surface area contributed by atoms with Crippen LogP contribution < -0.4 is 20.9 Å². The van der Waals surface area contributed by atoms with Gasteiger partial charge in [-0.2, -0.15) is 0 Å². The maximum Gasteiger partial charge on any atom is 0.355 e. The fraction of sp³-hybridized carbons (Fsp3) is 0.250. The summed E-state index contributed by atoms with van der Waals surface area (Å²) in [4.78, 5) is 52.1. The second kappa shape index (κ2) is 11.4. The molecule has 2 aromatic carbocycles. The zero-order valence-electron chi connectivity index (χ0n) is 19.2. The summed E-state index contributed by atoms with van der Waals surface area (Å²) in [6.07, 6.45) is 0. The van der Waals surface area contributed by atoms with Gasteiger partial charge >= 0.3 is 5.97 Å². The number of para-hydroxylation sites is 1. The molecule has 188 valence electrons. The molecule has 2 atom stereocenters. The Morgan fingerprint density at radius 2 is 1.83 bits per heavy atom. The van der Waals surface area contributed by atoms with Crippen molar-refractivity contribution in [2.45, 2.75) is 18.0 Å². The van der Waals surface area contributed by atoms with Gasteiger partial charge in [0.2, 0.25) is 5.91 Å². The van der Waals surface area contributed by atoms with Gasteiger partial charge in [-0.15, -0.1) is 23.4 Å². The standard InChI is InChI=1S/C24H23ClN4O6S/c1-34-16-9-7-14(8-10-16)12-35-24(33)20-17(21(31)28-27-15-5-3-2-4-6-15)13-36-23-19(22(32)29(20)23)26-18(30)11-25/h2-10,19,23,27H,11-13H2,1H3,(H,26,30)(H,28,31)/t19?,23-/m0/s1. The summed E-state index contributed by atoms with van der Waals surface area (Å²) in [5.74, 6) is -1.95. The molecule has 0 bridgehead atoms. The molecule has 2 aliphatic heterocycles. The third-order valence-corrected chi connectivity index (χ3v) is 7.02. The highest BCUT2D eigenvalue weighted by Gasteiger charge is 2.55. The van der Waals surface area contributed by atoms with Gasteiger partial charge in [0.05, 0.1) is 18.4 Å². The highest BCUT2D eigenvalue weighted by Crippen LogP contribution is 2.40. The van der Waals surface area contributed by atoms with E-state index in [1.54, 1.807) is 55.6 Å². The Labute approximate surface area is 216 Å². The molecule has 10 nitrogen and oxygen atoms in total. The van der Waals surface area contributed by atoms with E-state index in [2.05, 4.69) is 16.2 Å². The van der Waals surface area contributed by atoms with E-state index in [1.807, 2.05) is 6.07 Å².